The lowest BCUT2D eigenvalue weighted by Gasteiger charge is -2.18. The maximum absolute atomic E-state index is 13.8. The van der Waals surface area contributed by atoms with E-state index in [2.05, 4.69) is 9.97 Å². The highest BCUT2D eigenvalue weighted by Gasteiger charge is 2.31. The molecule has 1 saturated heterocycles. The number of benzene rings is 1. The summed E-state index contributed by atoms with van der Waals surface area (Å²) < 4.78 is 50.8. The number of hydrogen-bond acceptors (Lipinski definition) is 5. The van der Waals surface area contributed by atoms with Crippen LogP contribution in [0, 0.1) is 17.5 Å². The van der Waals surface area contributed by atoms with Crippen molar-refractivity contribution >= 4 is 5.91 Å². The Balaban J connectivity index is 1.70. The number of hydrogen-bond donors (Lipinski definition) is 0. The van der Waals surface area contributed by atoms with Crippen LogP contribution in [0.5, 0.6) is 11.8 Å². The van der Waals surface area contributed by atoms with Crippen molar-refractivity contribution in [2.45, 2.75) is 12.5 Å². The predicted octanol–water partition coefficient (Wildman–Crippen LogP) is 2.20. The summed E-state index contributed by atoms with van der Waals surface area (Å²) in [5.74, 6) is -4.84. The van der Waals surface area contributed by atoms with Crippen molar-refractivity contribution < 1.29 is 27.4 Å². The standard InChI is InChI=1S/C16H14F3N3O3/c1-24-14-15(21-6-5-20-14)25-9-4-7-22(8-9)16(23)10-2-3-11(17)13(19)12(10)18/h2-3,5-6,9H,4,7-8H2,1H3/t9-/m0/s1. The number of nitrogens with zero attached hydrogens (tertiary/aromatic N) is 3. The highest BCUT2D eigenvalue weighted by molar-refractivity contribution is 5.94. The van der Waals surface area contributed by atoms with Gasteiger partial charge in [0.2, 0.25) is 0 Å². The summed E-state index contributed by atoms with van der Waals surface area (Å²) in [4.78, 5) is 21.6. The van der Waals surface area contributed by atoms with Gasteiger partial charge in [-0.2, -0.15) is 0 Å². The molecule has 0 aliphatic carbocycles. The summed E-state index contributed by atoms with van der Waals surface area (Å²) in [6.45, 7) is 0.432. The number of ether oxygens (including phenoxy) is 2. The molecule has 0 saturated carbocycles. The van der Waals surface area contributed by atoms with E-state index in [0.29, 0.717) is 6.42 Å². The summed E-state index contributed by atoms with van der Waals surface area (Å²) in [6, 6.07) is 1.65. The Hall–Kier alpha value is -2.84. The van der Waals surface area contributed by atoms with E-state index in [0.717, 1.165) is 12.1 Å². The van der Waals surface area contributed by atoms with Crippen LogP contribution >= 0.6 is 0 Å². The number of carbonyl (C=O) groups is 1. The largest absolute Gasteiger partial charge is 0.477 e. The second-order valence-corrected chi connectivity index (χ2v) is 5.37. The van der Waals surface area contributed by atoms with Crippen LogP contribution in [-0.2, 0) is 0 Å². The van der Waals surface area contributed by atoms with Crippen LogP contribution < -0.4 is 9.47 Å². The molecule has 0 bridgehead atoms. The SMILES string of the molecule is COc1nccnc1O[C@H]1CCN(C(=O)c2ccc(F)c(F)c2F)C1. The average molecular weight is 353 g/mol. The minimum atomic E-state index is -1.66. The fourth-order valence-corrected chi connectivity index (χ4v) is 2.56. The van der Waals surface area contributed by atoms with Crippen LogP contribution in [0.25, 0.3) is 0 Å². The molecule has 1 atom stereocenters. The predicted molar refractivity (Wildman–Crippen MR) is 79.8 cm³/mol. The lowest BCUT2D eigenvalue weighted by molar-refractivity contribution is 0.0764. The third-order valence-corrected chi connectivity index (χ3v) is 3.80. The van der Waals surface area contributed by atoms with E-state index >= 15 is 0 Å². The molecule has 0 unspecified atom stereocenters. The Kier molecular flexibility index (Phi) is 4.73. The Labute approximate surface area is 141 Å². The highest BCUT2D eigenvalue weighted by Crippen LogP contribution is 2.25. The van der Waals surface area contributed by atoms with Gasteiger partial charge in [0.05, 0.1) is 19.2 Å². The fraction of sp³-hybridized carbons (Fsp3) is 0.312. The molecular weight excluding hydrogens is 339 g/mol. The molecule has 1 aromatic carbocycles. The van der Waals surface area contributed by atoms with Crippen LogP contribution in [0.3, 0.4) is 0 Å². The monoisotopic (exact) mass is 353 g/mol. The third kappa shape index (κ3) is 3.35. The zero-order valence-corrected chi connectivity index (χ0v) is 13.2. The van der Waals surface area contributed by atoms with Crippen molar-refractivity contribution in [2.24, 2.45) is 0 Å². The zero-order chi connectivity index (χ0) is 18.0. The second kappa shape index (κ2) is 6.96. The van der Waals surface area contributed by atoms with E-state index in [1.165, 1.54) is 24.4 Å². The van der Waals surface area contributed by atoms with Crippen LogP contribution in [0.2, 0.25) is 0 Å². The van der Waals surface area contributed by atoms with Gasteiger partial charge < -0.3 is 14.4 Å². The number of halogens is 3. The summed E-state index contributed by atoms with van der Waals surface area (Å²) in [6.07, 6.45) is 2.95. The Morgan fingerprint density at radius 3 is 2.60 bits per heavy atom. The third-order valence-electron chi connectivity index (χ3n) is 3.80. The fourth-order valence-electron chi connectivity index (χ4n) is 2.56. The van der Waals surface area contributed by atoms with Crippen molar-refractivity contribution in [3.05, 3.63) is 47.5 Å². The van der Waals surface area contributed by atoms with Crippen molar-refractivity contribution in [1.29, 1.82) is 0 Å². The molecule has 2 heterocycles. The molecule has 1 aliphatic heterocycles. The van der Waals surface area contributed by atoms with E-state index in [-0.39, 0.29) is 24.8 Å². The first-order chi connectivity index (χ1) is 12.0. The minimum Gasteiger partial charge on any atom is -0.477 e. The molecule has 0 N–H and O–H groups in total. The van der Waals surface area contributed by atoms with Crippen LogP contribution in [0.1, 0.15) is 16.8 Å². The Morgan fingerprint density at radius 1 is 1.16 bits per heavy atom. The first-order valence-corrected chi connectivity index (χ1v) is 7.45. The van der Waals surface area contributed by atoms with Crippen LogP contribution in [-0.4, -0.2) is 47.1 Å². The smallest absolute Gasteiger partial charge is 0.278 e. The number of rotatable bonds is 4. The normalized spacial score (nSPS) is 16.8. The van der Waals surface area contributed by atoms with Crippen molar-refractivity contribution in [3.63, 3.8) is 0 Å². The quantitative estimate of drug-likeness (QED) is 0.789. The molecule has 3 rings (SSSR count). The van der Waals surface area contributed by atoms with E-state index in [4.69, 9.17) is 9.47 Å². The zero-order valence-electron chi connectivity index (χ0n) is 13.2. The molecular formula is C16H14F3N3O3. The van der Waals surface area contributed by atoms with Gasteiger partial charge in [-0.25, -0.2) is 23.1 Å². The molecule has 1 fully saturated rings. The van der Waals surface area contributed by atoms with E-state index in [9.17, 15) is 18.0 Å². The highest BCUT2D eigenvalue weighted by atomic mass is 19.2. The van der Waals surface area contributed by atoms with Crippen LogP contribution in [0.4, 0.5) is 13.2 Å². The molecule has 6 nitrogen and oxygen atoms in total. The maximum Gasteiger partial charge on any atom is 0.278 e. The number of amides is 1. The van der Waals surface area contributed by atoms with Gasteiger partial charge in [-0.1, -0.05) is 0 Å². The first-order valence-electron chi connectivity index (χ1n) is 7.45. The van der Waals surface area contributed by atoms with Gasteiger partial charge in [0.25, 0.3) is 17.7 Å². The van der Waals surface area contributed by atoms with Crippen LogP contribution in [0.15, 0.2) is 24.5 Å². The number of carbonyl (C=O) groups excluding carboxylic acids is 1. The molecule has 0 radical (unpaired) electrons. The average Bonchev–Trinajstić information content (AvgIpc) is 3.08. The number of methoxy groups -OCH3 is 1. The molecule has 0 spiro atoms. The topological polar surface area (TPSA) is 64.6 Å². The number of likely N-dealkylation sites (tertiary alicyclic amines) is 1. The van der Waals surface area contributed by atoms with Gasteiger partial charge >= 0.3 is 0 Å². The second-order valence-electron chi connectivity index (χ2n) is 5.37. The molecule has 1 aliphatic rings. The molecule has 25 heavy (non-hydrogen) atoms. The molecule has 1 amide bonds. The number of aromatic nitrogens is 2. The van der Waals surface area contributed by atoms with E-state index in [1.807, 2.05) is 0 Å². The Bertz CT molecular complexity index is 803. The lowest BCUT2D eigenvalue weighted by Crippen LogP contribution is -2.32. The van der Waals surface area contributed by atoms with Gasteiger partial charge in [-0.05, 0) is 12.1 Å². The van der Waals surface area contributed by atoms with Crippen molar-refractivity contribution in [3.8, 4) is 11.8 Å². The summed E-state index contributed by atoms with van der Waals surface area (Å²) in [5.41, 5.74) is -0.517. The van der Waals surface area contributed by atoms with Gasteiger partial charge in [0, 0.05) is 25.4 Å². The first kappa shape index (κ1) is 17.0. The summed E-state index contributed by atoms with van der Waals surface area (Å²) in [7, 11) is 1.42. The van der Waals surface area contributed by atoms with Crippen molar-refractivity contribution in [1.82, 2.24) is 14.9 Å². The summed E-state index contributed by atoms with van der Waals surface area (Å²) >= 11 is 0. The van der Waals surface area contributed by atoms with Gasteiger partial charge in [-0.15, -0.1) is 0 Å². The summed E-state index contributed by atoms with van der Waals surface area (Å²) in [5, 5.41) is 0. The lowest BCUT2D eigenvalue weighted by atomic mass is 10.1. The molecule has 2 aromatic rings. The van der Waals surface area contributed by atoms with E-state index < -0.39 is 35.0 Å². The minimum absolute atomic E-state index is 0.150. The van der Waals surface area contributed by atoms with Gasteiger partial charge in [-0.3, -0.25) is 4.79 Å². The van der Waals surface area contributed by atoms with Crippen molar-refractivity contribution in [2.75, 3.05) is 20.2 Å². The maximum atomic E-state index is 13.8. The van der Waals surface area contributed by atoms with Gasteiger partial charge in [0.15, 0.2) is 17.5 Å². The Morgan fingerprint density at radius 2 is 1.88 bits per heavy atom. The molecule has 132 valence electrons. The molecule has 1 aromatic heterocycles. The van der Waals surface area contributed by atoms with Gasteiger partial charge in [0.1, 0.15) is 6.10 Å². The van der Waals surface area contributed by atoms with E-state index in [1.54, 1.807) is 0 Å². The molecule has 9 heteroatoms.